The summed E-state index contributed by atoms with van der Waals surface area (Å²) < 4.78 is 6.50. The molecule has 3 heterocycles. The average molecular weight is 183 g/mol. The van der Waals surface area contributed by atoms with Gasteiger partial charge in [0.25, 0.3) is 0 Å². The van der Waals surface area contributed by atoms with Gasteiger partial charge in [0.15, 0.2) is 0 Å². The Morgan fingerprint density at radius 2 is 2.38 bits per heavy atom. The van der Waals surface area contributed by atoms with Gasteiger partial charge in [0.1, 0.15) is 24.8 Å². The number of rotatable bonds is 2. The van der Waals surface area contributed by atoms with E-state index in [1.54, 1.807) is 0 Å². The molecule has 1 N–H and O–H groups in total. The monoisotopic (exact) mass is 183 g/mol. The van der Waals surface area contributed by atoms with E-state index < -0.39 is 0 Å². The third-order valence-electron chi connectivity index (χ3n) is 3.99. The first-order valence-electron chi connectivity index (χ1n) is 4.96. The van der Waals surface area contributed by atoms with Gasteiger partial charge in [0.2, 0.25) is 0 Å². The molecule has 0 aromatic heterocycles. The summed E-state index contributed by atoms with van der Waals surface area (Å²) in [6.07, 6.45) is 2.80. The molecule has 3 aliphatic heterocycles. The summed E-state index contributed by atoms with van der Waals surface area (Å²) in [5.74, 6) is 0. The number of likely N-dealkylation sites (N-methyl/N-ethyl adjacent to an activating group) is 1. The van der Waals surface area contributed by atoms with E-state index in [2.05, 4.69) is 5.32 Å². The van der Waals surface area contributed by atoms with Crippen LogP contribution in [0.2, 0.25) is 0 Å². The van der Waals surface area contributed by atoms with Crippen LogP contribution in [-0.2, 0) is 9.53 Å². The number of nitrogens with one attached hydrogen (secondary N) is 1. The van der Waals surface area contributed by atoms with Crippen molar-refractivity contribution >= 4 is 6.41 Å². The molecule has 5 unspecified atom stereocenters. The largest absolute Gasteiger partial charge is 0.361 e. The topological polar surface area (TPSA) is 38.3 Å². The van der Waals surface area contributed by atoms with Crippen molar-refractivity contribution in [1.82, 2.24) is 5.32 Å². The molecule has 3 rings (SSSR count). The van der Waals surface area contributed by atoms with E-state index in [4.69, 9.17) is 4.74 Å². The summed E-state index contributed by atoms with van der Waals surface area (Å²) in [4.78, 5) is 11.1. The van der Waals surface area contributed by atoms with E-state index in [9.17, 15) is 4.79 Å². The molecular weight excluding hydrogens is 168 g/mol. The maximum atomic E-state index is 11.1. The van der Waals surface area contributed by atoms with Crippen molar-refractivity contribution in [1.29, 1.82) is 0 Å². The highest BCUT2D eigenvalue weighted by Crippen LogP contribution is 2.44. The Balaban J connectivity index is 2.01. The van der Waals surface area contributed by atoms with Gasteiger partial charge in [-0.05, 0) is 7.05 Å². The molecule has 0 aliphatic carbocycles. The van der Waals surface area contributed by atoms with Crippen LogP contribution in [0.1, 0.15) is 6.42 Å². The van der Waals surface area contributed by atoms with Crippen LogP contribution in [0.3, 0.4) is 0 Å². The molecule has 5 atom stereocenters. The maximum Gasteiger partial charge on any atom is 0.301 e. The van der Waals surface area contributed by atoms with Crippen LogP contribution < -0.4 is 5.32 Å². The quantitative estimate of drug-likeness (QED) is 0.445. The number of hydrogen-bond donors (Lipinski definition) is 1. The number of ether oxygens (including phenoxy) is 1. The van der Waals surface area contributed by atoms with E-state index in [0.717, 1.165) is 25.9 Å². The van der Waals surface area contributed by atoms with Crippen molar-refractivity contribution in [2.75, 3.05) is 20.1 Å². The number of carbonyl (C=O) groups is 1. The van der Waals surface area contributed by atoms with Gasteiger partial charge >= 0.3 is 6.41 Å². The fourth-order valence-corrected chi connectivity index (χ4v) is 3.47. The molecule has 2 bridgehead atoms. The Morgan fingerprint density at radius 1 is 1.54 bits per heavy atom. The summed E-state index contributed by atoms with van der Waals surface area (Å²) in [7, 11) is 1.96. The van der Waals surface area contributed by atoms with Gasteiger partial charge in [-0.1, -0.05) is 0 Å². The first-order chi connectivity index (χ1) is 6.30. The number of amides is 1. The zero-order valence-corrected chi connectivity index (χ0v) is 7.77. The molecule has 0 saturated carbocycles. The Labute approximate surface area is 77.4 Å². The Kier molecular flexibility index (Phi) is 1.41. The standard InChI is InChI=1S/C9H15N2O2/c1-10-8-7-4-11(5-12)3-2-6(13-7)9(8)11/h5-10H,2-4H2,1H3/q+1. The predicted molar refractivity (Wildman–Crippen MR) is 46.0 cm³/mol. The average Bonchev–Trinajstić information content (AvgIpc) is 2.69. The van der Waals surface area contributed by atoms with Crippen molar-refractivity contribution in [3.05, 3.63) is 0 Å². The second-order valence-corrected chi connectivity index (χ2v) is 4.42. The van der Waals surface area contributed by atoms with Gasteiger partial charge < -0.3 is 10.1 Å². The Bertz CT molecular complexity index is 258. The van der Waals surface area contributed by atoms with Gasteiger partial charge in [0, 0.05) is 6.42 Å². The summed E-state index contributed by atoms with van der Waals surface area (Å²) in [6.45, 7) is 1.86. The lowest BCUT2D eigenvalue weighted by atomic mass is 10.1. The van der Waals surface area contributed by atoms with Crippen molar-refractivity contribution in [2.45, 2.75) is 30.7 Å². The normalized spacial score (nSPS) is 57.3. The molecule has 72 valence electrons. The summed E-state index contributed by atoms with van der Waals surface area (Å²) >= 11 is 0. The molecule has 0 radical (unpaired) electrons. The zero-order chi connectivity index (χ0) is 9.05. The molecule has 0 aromatic rings. The third-order valence-corrected chi connectivity index (χ3v) is 3.99. The number of nitrogens with zero attached hydrogens (tertiary/aromatic N) is 1. The Hall–Kier alpha value is -0.450. The summed E-state index contributed by atoms with van der Waals surface area (Å²) in [5, 5.41) is 3.29. The lowest BCUT2D eigenvalue weighted by molar-refractivity contribution is -0.853. The van der Waals surface area contributed by atoms with E-state index in [1.807, 2.05) is 7.05 Å². The van der Waals surface area contributed by atoms with Crippen LogP contribution in [-0.4, -0.2) is 55.3 Å². The molecule has 4 heteroatoms. The highest BCUT2D eigenvalue weighted by molar-refractivity contribution is 5.41. The van der Waals surface area contributed by atoms with Crippen molar-refractivity contribution in [3.8, 4) is 0 Å². The van der Waals surface area contributed by atoms with Gasteiger partial charge in [-0.3, -0.25) is 4.48 Å². The smallest absolute Gasteiger partial charge is 0.301 e. The van der Waals surface area contributed by atoms with Crippen LogP contribution in [0.4, 0.5) is 0 Å². The minimum Gasteiger partial charge on any atom is -0.361 e. The SMILES string of the molecule is CNC1C2C[N+]3(C=O)CCC(O2)C13. The molecule has 0 spiro atoms. The van der Waals surface area contributed by atoms with Crippen molar-refractivity contribution < 1.29 is 14.0 Å². The van der Waals surface area contributed by atoms with Crippen LogP contribution in [0.15, 0.2) is 0 Å². The minimum absolute atomic E-state index is 0.271. The molecule has 3 aliphatic rings. The molecule has 3 saturated heterocycles. The van der Waals surface area contributed by atoms with Gasteiger partial charge in [0.05, 0.1) is 12.6 Å². The van der Waals surface area contributed by atoms with Crippen LogP contribution in [0.25, 0.3) is 0 Å². The van der Waals surface area contributed by atoms with Crippen LogP contribution in [0, 0.1) is 0 Å². The second-order valence-electron chi connectivity index (χ2n) is 4.42. The summed E-state index contributed by atoms with van der Waals surface area (Å²) in [5.41, 5.74) is 0. The first kappa shape index (κ1) is 7.91. The third kappa shape index (κ3) is 0.747. The van der Waals surface area contributed by atoms with E-state index >= 15 is 0 Å². The lowest BCUT2D eigenvalue weighted by Crippen LogP contribution is -2.53. The highest BCUT2D eigenvalue weighted by atomic mass is 16.5. The minimum atomic E-state index is 0.271. The van der Waals surface area contributed by atoms with E-state index in [1.165, 1.54) is 0 Å². The van der Waals surface area contributed by atoms with Crippen LogP contribution in [0.5, 0.6) is 0 Å². The van der Waals surface area contributed by atoms with Gasteiger partial charge in [-0.25, -0.2) is 4.79 Å². The lowest BCUT2D eigenvalue weighted by Gasteiger charge is -2.30. The number of quaternary nitrogens is 1. The second kappa shape index (κ2) is 2.32. The van der Waals surface area contributed by atoms with Gasteiger partial charge in [-0.2, -0.15) is 0 Å². The molecule has 3 fully saturated rings. The van der Waals surface area contributed by atoms with Crippen molar-refractivity contribution in [2.24, 2.45) is 0 Å². The van der Waals surface area contributed by atoms with Gasteiger partial charge in [-0.15, -0.1) is 0 Å². The van der Waals surface area contributed by atoms with E-state index in [-0.39, 0.29) is 6.10 Å². The van der Waals surface area contributed by atoms with E-state index in [0.29, 0.717) is 22.7 Å². The number of fused-ring (bicyclic) bond motifs is 1. The Morgan fingerprint density at radius 3 is 3.00 bits per heavy atom. The predicted octanol–water partition coefficient (Wildman–Crippen LogP) is -0.899. The van der Waals surface area contributed by atoms with Crippen molar-refractivity contribution in [3.63, 3.8) is 0 Å². The van der Waals surface area contributed by atoms with Crippen LogP contribution >= 0.6 is 0 Å². The fourth-order valence-electron chi connectivity index (χ4n) is 3.47. The number of carbonyl (C=O) groups excluding carboxylic acids is 1. The molecule has 13 heavy (non-hydrogen) atoms. The molecule has 1 amide bonds. The maximum absolute atomic E-state index is 11.1. The summed E-state index contributed by atoms with van der Waals surface area (Å²) in [6, 6.07) is 0.796. The molecule has 4 nitrogen and oxygen atoms in total. The highest BCUT2D eigenvalue weighted by Gasteiger charge is 2.67. The fraction of sp³-hybridized carbons (Fsp3) is 0.889. The molecule has 0 aromatic carbocycles. The zero-order valence-electron chi connectivity index (χ0n) is 7.77. The molecular formula is C9H15N2O2+. The number of hydrogen-bond acceptors (Lipinski definition) is 3. The number of morpholine rings is 1. The first-order valence-corrected chi connectivity index (χ1v) is 4.96.